The van der Waals surface area contributed by atoms with E-state index in [2.05, 4.69) is 5.32 Å². The minimum Gasteiger partial charge on any atom is -0.506 e. The van der Waals surface area contributed by atoms with Crippen LogP contribution in [-0.2, 0) is 13.0 Å². The highest BCUT2D eigenvalue weighted by Crippen LogP contribution is 2.30. The molecule has 0 radical (unpaired) electrons. The summed E-state index contributed by atoms with van der Waals surface area (Å²) in [7, 11) is 0. The Balaban J connectivity index is 2.54. The SMILES string of the molecule is Oc1ccc2c(c1Cl)CNCC2. The van der Waals surface area contributed by atoms with Crippen LogP contribution in [0, 0.1) is 0 Å². The molecular weight excluding hydrogens is 174 g/mol. The Morgan fingerprint density at radius 3 is 3.08 bits per heavy atom. The molecule has 0 bridgehead atoms. The van der Waals surface area contributed by atoms with Crippen LogP contribution < -0.4 is 5.32 Å². The van der Waals surface area contributed by atoms with E-state index in [0.717, 1.165) is 25.1 Å². The highest BCUT2D eigenvalue weighted by Gasteiger charge is 2.13. The van der Waals surface area contributed by atoms with Crippen molar-refractivity contribution in [3.05, 3.63) is 28.3 Å². The standard InChI is InChI=1S/C9H10ClNO/c10-9-7-5-11-4-3-6(7)1-2-8(9)12/h1-2,11-12H,3-5H2. The number of hydrogen-bond acceptors (Lipinski definition) is 2. The van der Waals surface area contributed by atoms with Gasteiger partial charge in [-0.3, -0.25) is 0 Å². The fourth-order valence-electron chi connectivity index (χ4n) is 1.51. The van der Waals surface area contributed by atoms with E-state index in [1.54, 1.807) is 6.07 Å². The van der Waals surface area contributed by atoms with Gasteiger partial charge in [-0.15, -0.1) is 0 Å². The summed E-state index contributed by atoms with van der Waals surface area (Å²) >= 11 is 5.92. The Morgan fingerprint density at radius 1 is 1.42 bits per heavy atom. The van der Waals surface area contributed by atoms with Crippen molar-refractivity contribution in [1.29, 1.82) is 0 Å². The lowest BCUT2D eigenvalue weighted by molar-refractivity contribution is 0.473. The third kappa shape index (κ3) is 1.17. The molecule has 0 spiro atoms. The summed E-state index contributed by atoms with van der Waals surface area (Å²) < 4.78 is 0. The quantitative estimate of drug-likeness (QED) is 0.642. The summed E-state index contributed by atoms with van der Waals surface area (Å²) in [4.78, 5) is 0. The summed E-state index contributed by atoms with van der Waals surface area (Å²) in [6.07, 6.45) is 0.995. The third-order valence-electron chi connectivity index (χ3n) is 2.19. The molecule has 3 heteroatoms. The Hall–Kier alpha value is -0.730. The van der Waals surface area contributed by atoms with Crippen molar-refractivity contribution < 1.29 is 5.11 Å². The maximum Gasteiger partial charge on any atom is 0.134 e. The van der Waals surface area contributed by atoms with Crippen LogP contribution in [-0.4, -0.2) is 11.7 Å². The van der Waals surface area contributed by atoms with Crippen molar-refractivity contribution in [3.63, 3.8) is 0 Å². The highest BCUT2D eigenvalue weighted by atomic mass is 35.5. The number of benzene rings is 1. The maximum absolute atomic E-state index is 9.32. The van der Waals surface area contributed by atoms with E-state index in [1.807, 2.05) is 6.07 Å². The third-order valence-corrected chi connectivity index (χ3v) is 2.61. The highest BCUT2D eigenvalue weighted by molar-refractivity contribution is 6.32. The molecule has 1 aliphatic rings. The van der Waals surface area contributed by atoms with E-state index >= 15 is 0 Å². The van der Waals surface area contributed by atoms with Crippen molar-refractivity contribution in [2.24, 2.45) is 0 Å². The van der Waals surface area contributed by atoms with E-state index in [9.17, 15) is 5.11 Å². The Bertz CT molecular complexity index is 312. The number of nitrogens with one attached hydrogen (secondary N) is 1. The number of aromatic hydroxyl groups is 1. The topological polar surface area (TPSA) is 32.3 Å². The van der Waals surface area contributed by atoms with Gasteiger partial charge in [0, 0.05) is 6.54 Å². The predicted molar refractivity (Wildman–Crippen MR) is 48.5 cm³/mol. The van der Waals surface area contributed by atoms with Crippen molar-refractivity contribution in [2.75, 3.05) is 6.54 Å². The predicted octanol–water partition coefficient (Wildman–Crippen LogP) is 1.69. The van der Waals surface area contributed by atoms with E-state index in [-0.39, 0.29) is 5.75 Å². The molecule has 0 fully saturated rings. The number of halogens is 1. The van der Waals surface area contributed by atoms with Crippen LogP contribution in [0.2, 0.25) is 5.02 Å². The Kier molecular flexibility index (Phi) is 1.95. The maximum atomic E-state index is 9.32. The molecule has 64 valence electrons. The van der Waals surface area contributed by atoms with Crippen LogP contribution in [0.1, 0.15) is 11.1 Å². The fourth-order valence-corrected chi connectivity index (χ4v) is 1.76. The van der Waals surface area contributed by atoms with E-state index < -0.39 is 0 Å². The van der Waals surface area contributed by atoms with Crippen LogP contribution >= 0.6 is 11.6 Å². The average molecular weight is 184 g/mol. The van der Waals surface area contributed by atoms with Gasteiger partial charge < -0.3 is 10.4 Å². The molecule has 0 atom stereocenters. The molecule has 12 heavy (non-hydrogen) atoms. The van der Waals surface area contributed by atoms with Gasteiger partial charge in [0.05, 0.1) is 5.02 Å². The number of phenolic OH excluding ortho intramolecular Hbond substituents is 1. The molecular formula is C9H10ClNO. The van der Waals surface area contributed by atoms with Crippen LogP contribution in [0.25, 0.3) is 0 Å². The lowest BCUT2D eigenvalue weighted by Gasteiger charge is -2.18. The summed E-state index contributed by atoms with van der Waals surface area (Å²) in [5, 5.41) is 13.0. The summed E-state index contributed by atoms with van der Waals surface area (Å²) in [6.45, 7) is 1.76. The first-order chi connectivity index (χ1) is 5.79. The zero-order valence-electron chi connectivity index (χ0n) is 6.60. The van der Waals surface area contributed by atoms with Gasteiger partial charge in [-0.1, -0.05) is 17.7 Å². The molecule has 2 rings (SSSR count). The zero-order chi connectivity index (χ0) is 8.55. The molecule has 1 heterocycles. The van der Waals surface area contributed by atoms with Gasteiger partial charge in [-0.25, -0.2) is 0 Å². The van der Waals surface area contributed by atoms with E-state index in [0.29, 0.717) is 5.02 Å². The smallest absolute Gasteiger partial charge is 0.134 e. The monoisotopic (exact) mass is 183 g/mol. The first-order valence-electron chi connectivity index (χ1n) is 3.99. The van der Waals surface area contributed by atoms with Crippen LogP contribution in [0.3, 0.4) is 0 Å². The minimum atomic E-state index is 0.180. The second-order valence-corrected chi connectivity index (χ2v) is 3.34. The molecule has 0 saturated carbocycles. The van der Waals surface area contributed by atoms with Crippen molar-refractivity contribution in [1.82, 2.24) is 5.32 Å². The second-order valence-electron chi connectivity index (χ2n) is 2.96. The number of rotatable bonds is 0. The fraction of sp³-hybridized carbons (Fsp3) is 0.333. The Labute approximate surface area is 76.2 Å². The van der Waals surface area contributed by atoms with Gasteiger partial charge in [-0.05, 0) is 30.2 Å². The number of hydrogen-bond donors (Lipinski definition) is 2. The first kappa shape index (κ1) is 7.90. The van der Waals surface area contributed by atoms with Gasteiger partial charge in [-0.2, -0.15) is 0 Å². The largest absolute Gasteiger partial charge is 0.506 e. The van der Waals surface area contributed by atoms with Gasteiger partial charge >= 0.3 is 0 Å². The molecule has 2 nitrogen and oxygen atoms in total. The lowest BCUT2D eigenvalue weighted by Crippen LogP contribution is -2.23. The average Bonchev–Trinajstić information content (AvgIpc) is 2.12. The normalized spacial score (nSPS) is 15.8. The summed E-state index contributed by atoms with van der Waals surface area (Å²) in [5.74, 6) is 0.180. The molecule has 1 aromatic carbocycles. The summed E-state index contributed by atoms with van der Waals surface area (Å²) in [5.41, 5.74) is 2.29. The first-order valence-corrected chi connectivity index (χ1v) is 4.37. The molecule has 1 aromatic rings. The van der Waals surface area contributed by atoms with Gasteiger partial charge in [0.1, 0.15) is 5.75 Å². The van der Waals surface area contributed by atoms with Crippen molar-refractivity contribution >= 4 is 11.6 Å². The van der Waals surface area contributed by atoms with Crippen LogP contribution in [0.15, 0.2) is 12.1 Å². The van der Waals surface area contributed by atoms with Gasteiger partial charge in [0.15, 0.2) is 0 Å². The molecule has 0 unspecified atom stereocenters. The molecule has 0 amide bonds. The Morgan fingerprint density at radius 2 is 2.25 bits per heavy atom. The number of phenols is 1. The lowest BCUT2D eigenvalue weighted by atomic mass is 10.0. The van der Waals surface area contributed by atoms with Crippen LogP contribution in [0.5, 0.6) is 5.75 Å². The minimum absolute atomic E-state index is 0.180. The molecule has 0 aliphatic carbocycles. The second kappa shape index (κ2) is 2.96. The molecule has 0 aromatic heterocycles. The van der Waals surface area contributed by atoms with Crippen molar-refractivity contribution in [2.45, 2.75) is 13.0 Å². The van der Waals surface area contributed by atoms with Crippen molar-refractivity contribution in [3.8, 4) is 5.75 Å². The molecule has 1 aliphatic heterocycles. The van der Waals surface area contributed by atoms with Gasteiger partial charge in [0.2, 0.25) is 0 Å². The zero-order valence-corrected chi connectivity index (χ0v) is 7.36. The summed E-state index contributed by atoms with van der Waals surface area (Å²) in [6, 6.07) is 3.60. The number of fused-ring (bicyclic) bond motifs is 1. The molecule has 0 saturated heterocycles. The molecule has 2 N–H and O–H groups in total. The van der Waals surface area contributed by atoms with Crippen LogP contribution in [0.4, 0.5) is 0 Å². The van der Waals surface area contributed by atoms with E-state index in [4.69, 9.17) is 11.6 Å². The van der Waals surface area contributed by atoms with Gasteiger partial charge in [0.25, 0.3) is 0 Å². The van der Waals surface area contributed by atoms with E-state index in [1.165, 1.54) is 5.56 Å².